The van der Waals surface area contributed by atoms with Crippen molar-refractivity contribution in [1.29, 1.82) is 5.26 Å². The molecule has 0 saturated carbocycles. The Morgan fingerprint density at radius 3 is 2.48 bits per heavy atom. The number of carbonyl (C=O) groups excluding carboxylic acids is 1. The van der Waals surface area contributed by atoms with Crippen molar-refractivity contribution in [3.8, 4) is 17.6 Å². The summed E-state index contributed by atoms with van der Waals surface area (Å²) in [6.45, 7) is 1.03. The Hall–Kier alpha value is -2.98. The van der Waals surface area contributed by atoms with Crippen molar-refractivity contribution in [1.82, 2.24) is 10.6 Å². The van der Waals surface area contributed by atoms with Crippen LogP contribution in [0, 0.1) is 11.3 Å². The molecule has 0 heterocycles. The lowest BCUT2D eigenvalue weighted by Crippen LogP contribution is -2.28. The lowest BCUT2D eigenvalue weighted by molar-refractivity contribution is -0.117. The molecule has 1 amide bonds. The van der Waals surface area contributed by atoms with Crippen molar-refractivity contribution < 1.29 is 14.3 Å². The third kappa shape index (κ3) is 7.16. The molecule has 6 nitrogen and oxygen atoms in total. The molecular formula is C22H24BrN3O3. The molecule has 0 unspecified atom stereocenters. The highest BCUT2D eigenvalue weighted by Gasteiger charge is 2.09. The van der Waals surface area contributed by atoms with Crippen LogP contribution in [-0.2, 0) is 17.6 Å². The van der Waals surface area contributed by atoms with Crippen molar-refractivity contribution in [2.45, 2.75) is 12.8 Å². The second kappa shape index (κ2) is 11.8. The first kappa shape index (κ1) is 22.3. The maximum Gasteiger partial charge on any atom is 0.263 e. The molecule has 2 N–H and O–H groups in total. The van der Waals surface area contributed by atoms with E-state index in [1.54, 1.807) is 14.2 Å². The van der Waals surface area contributed by atoms with Crippen LogP contribution in [0.4, 0.5) is 0 Å². The van der Waals surface area contributed by atoms with Crippen LogP contribution < -0.4 is 20.1 Å². The van der Waals surface area contributed by atoms with Crippen molar-refractivity contribution in [2.75, 3.05) is 27.3 Å². The number of nitrogens with one attached hydrogen (secondary N) is 2. The average molecular weight is 458 g/mol. The average Bonchev–Trinajstić information content (AvgIpc) is 2.73. The van der Waals surface area contributed by atoms with Gasteiger partial charge in [-0.3, -0.25) is 4.79 Å². The lowest BCUT2D eigenvalue weighted by atomic mass is 10.1. The Labute approximate surface area is 179 Å². The van der Waals surface area contributed by atoms with E-state index in [-0.39, 0.29) is 5.57 Å². The van der Waals surface area contributed by atoms with Gasteiger partial charge in [-0.25, -0.2) is 0 Å². The van der Waals surface area contributed by atoms with E-state index in [9.17, 15) is 10.1 Å². The fraction of sp³-hybridized carbons (Fsp3) is 0.273. The van der Waals surface area contributed by atoms with Crippen LogP contribution in [0.25, 0.3) is 0 Å². The predicted octanol–water partition coefficient (Wildman–Crippen LogP) is 3.36. The van der Waals surface area contributed by atoms with E-state index in [1.807, 2.05) is 48.5 Å². The number of benzene rings is 2. The summed E-state index contributed by atoms with van der Waals surface area (Å²) in [5.74, 6) is 0.899. The summed E-state index contributed by atoms with van der Waals surface area (Å²) in [6, 6.07) is 15.6. The maximum absolute atomic E-state index is 12.2. The number of hydrogen-bond acceptors (Lipinski definition) is 5. The van der Waals surface area contributed by atoms with E-state index in [0.29, 0.717) is 31.0 Å². The molecule has 0 atom stereocenters. The third-order valence-corrected chi connectivity index (χ3v) is 4.70. The van der Waals surface area contributed by atoms with Crippen molar-refractivity contribution in [3.05, 3.63) is 69.8 Å². The van der Waals surface area contributed by atoms with Crippen LogP contribution in [0.15, 0.2) is 58.7 Å². The van der Waals surface area contributed by atoms with Gasteiger partial charge in [-0.05, 0) is 48.2 Å². The fourth-order valence-electron chi connectivity index (χ4n) is 2.68. The Morgan fingerprint density at radius 1 is 1.07 bits per heavy atom. The highest BCUT2D eigenvalue weighted by Crippen LogP contribution is 2.27. The Balaban J connectivity index is 1.80. The summed E-state index contributed by atoms with van der Waals surface area (Å²) in [4.78, 5) is 12.2. The molecule has 2 aromatic rings. The molecule has 152 valence electrons. The Bertz CT molecular complexity index is 906. The zero-order valence-electron chi connectivity index (χ0n) is 16.5. The normalized spacial score (nSPS) is 10.8. The topological polar surface area (TPSA) is 83.4 Å². The highest BCUT2D eigenvalue weighted by molar-refractivity contribution is 9.10. The summed E-state index contributed by atoms with van der Waals surface area (Å²) in [5, 5.41) is 15.0. The van der Waals surface area contributed by atoms with Crippen LogP contribution >= 0.6 is 15.9 Å². The molecule has 0 fully saturated rings. The van der Waals surface area contributed by atoms with E-state index in [1.165, 1.54) is 6.20 Å². The molecule has 29 heavy (non-hydrogen) atoms. The summed E-state index contributed by atoms with van der Waals surface area (Å²) in [6.07, 6.45) is 2.86. The minimum Gasteiger partial charge on any atom is -0.493 e. The first-order valence-corrected chi connectivity index (χ1v) is 9.94. The first-order chi connectivity index (χ1) is 14.1. The minimum absolute atomic E-state index is 0.0477. The van der Waals surface area contributed by atoms with E-state index in [4.69, 9.17) is 9.47 Å². The number of amides is 1. The predicted molar refractivity (Wildman–Crippen MR) is 116 cm³/mol. The fourth-order valence-corrected chi connectivity index (χ4v) is 3.13. The lowest BCUT2D eigenvalue weighted by Gasteiger charge is -2.10. The Morgan fingerprint density at radius 2 is 1.79 bits per heavy atom. The zero-order chi connectivity index (χ0) is 21.1. The maximum atomic E-state index is 12.2. The number of nitriles is 1. The van der Waals surface area contributed by atoms with Crippen LogP contribution in [0.2, 0.25) is 0 Å². The van der Waals surface area contributed by atoms with Gasteiger partial charge < -0.3 is 20.1 Å². The highest BCUT2D eigenvalue weighted by atomic mass is 79.9. The summed E-state index contributed by atoms with van der Waals surface area (Å²) in [7, 11) is 3.16. The molecule has 7 heteroatoms. The molecule has 0 spiro atoms. The van der Waals surface area contributed by atoms with E-state index in [2.05, 4.69) is 26.6 Å². The van der Waals surface area contributed by atoms with E-state index < -0.39 is 5.91 Å². The molecule has 2 rings (SSSR count). The third-order valence-electron chi connectivity index (χ3n) is 4.21. The smallest absolute Gasteiger partial charge is 0.263 e. The van der Waals surface area contributed by atoms with Crippen LogP contribution in [-0.4, -0.2) is 33.2 Å². The zero-order valence-corrected chi connectivity index (χ0v) is 18.1. The van der Waals surface area contributed by atoms with E-state index >= 15 is 0 Å². The largest absolute Gasteiger partial charge is 0.493 e. The first-order valence-electron chi connectivity index (χ1n) is 9.14. The van der Waals surface area contributed by atoms with Gasteiger partial charge >= 0.3 is 0 Å². The summed E-state index contributed by atoms with van der Waals surface area (Å²) < 4.78 is 11.5. The van der Waals surface area contributed by atoms with Gasteiger partial charge in [0, 0.05) is 23.8 Å². The van der Waals surface area contributed by atoms with E-state index in [0.717, 1.165) is 22.0 Å². The van der Waals surface area contributed by atoms with Gasteiger partial charge in [0.25, 0.3) is 5.91 Å². The molecular weight excluding hydrogens is 434 g/mol. The van der Waals surface area contributed by atoms with Gasteiger partial charge in [-0.2, -0.15) is 5.26 Å². The van der Waals surface area contributed by atoms with Crippen molar-refractivity contribution in [2.24, 2.45) is 0 Å². The molecule has 0 aliphatic rings. The number of ether oxygens (including phenoxy) is 2. The summed E-state index contributed by atoms with van der Waals surface area (Å²) >= 11 is 3.44. The van der Waals surface area contributed by atoms with Crippen LogP contribution in [0.3, 0.4) is 0 Å². The number of methoxy groups -OCH3 is 2. The summed E-state index contributed by atoms with van der Waals surface area (Å²) in [5.41, 5.74) is 2.21. The second-order valence-corrected chi connectivity index (χ2v) is 7.11. The number of hydrogen-bond donors (Lipinski definition) is 2. The van der Waals surface area contributed by atoms with Crippen LogP contribution in [0.5, 0.6) is 11.5 Å². The Kier molecular flexibility index (Phi) is 9.06. The molecule has 0 radical (unpaired) electrons. The number of halogens is 1. The quantitative estimate of drug-likeness (QED) is 0.324. The van der Waals surface area contributed by atoms with Crippen LogP contribution in [0.1, 0.15) is 11.1 Å². The van der Waals surface area contributed by atoms with Gasteiger partial charge in [0.2, 0.25) is 0 Å². The molecule has 0 saturated heterocycles. The molecule has 0 aromatic heterocycles. The van der Waals surface area contributed by atoms with Gasteiger partial charge in [0.05, 0.1) is 14.2 Å². The number of nitrogens with zero attached hydrogens (tertiary/aromatic N) is 1. The standard InChI is InChI=1S/C22H24BrN3O3/c1-28-20-7-6-17(13-21(20)29-2)9-11-26-22(27)18(14-24)15-25-10-8-16-4-3-5-19(23)12-16/h3-7,12-13,15,25H,8-11H2,1-2H3,(H,26,27)/b18-15-. The SMILES string of the molecule is COc1ccc(CCNC(=O)/C(C#N)=C\NCCc2cccc(Br)c2)cc1OC. The van der Waals surface area contributed by atoms with Gasteiger partial charge in [0.15, 0.2) is 11.5 Å². The number of carbonyl (C=O) groups is 1. The van der Waals surface area contributed by atoms with Gasteiger partial charge in [0.1, 0.15) is 11.6 Å². The molecule has 2 aromatic carbocycles. The molecule has 0 aliphatic carbocycles. The van der Waals surface area contributed by atoms with Gasteiger partial charge in [-0.1, -0.05) is 34.1 Å². The second-order valence-electron chi connectivity index (χ2n) is 6.20. The van der Waals surface area contributed by atoms with Crippen molar-refractivity contribution in [3.63, 3.8) is 0 Å². The van der Waals surface area contributed by atoms with Gasteiger partial charge in [-0.15, -0.1) is 0 Å². The minimum atomic E-state index is -0.400. The number of rotatable bonds is 10. The monoisotopic (exact) mass is 457 g/mol. The van der Waals surface area contributed by atoms with Crippen molar-refractivity contribution >= 4 is 21.8 Å². The molecule has 0 bridgehead atoms. The molecule has 0 aliphatic heterocycles.